The number of nitrogens with zero attached hydrogens (tertiary/aromatic N) is 1. The first kappa shape index (κ1) is 6.84. The summed E-state index contributed by atoms with van der Waals surface area (Å²) < 4.78 is 0. The SMILES string of the molecule is Cc1cc2c(nc1C)CCC2. The molecule has 0 amide bonds. The monoisotopic (exact) mass is 147 g/mol. The van der Waals surface area contributed by atoms with Gasteiger partial charge in [-0.15, -0.1) is 0 Å². The fraction of sp³-hybridized carbons (Fsp3) is 0.500. The second-order valence-electron chi connectivity index (χ2n) is 3.35. The normalized spacial score (nSPS) is 15.1. The standard InChI is InChI=1S/C10H13N/c1-7-6-9-4-3-5-10(9)11-8(7)2/h6H,3-5H2,1-2H3. The molecule has 0 saturated carbocycles. The average molecular weight is 147 g/mol. The van der Waals surface area contributed by atoms with Gasteiger partial charge in [0.25, 0.3) is 0 Å². The van der Waals surface area contributed by atoms with Crippen LogP contribution in [-0.4, -0.2) is 4.98 Å². The van der Waals surface area contributed by atoms with Gasteiger partial charge in [-0.05, 0) is 44.2 Å². The van der Waals surface area contributed by atoms with Gasteiger partial charge in [-0.25, -0.2) is 0 Å². The molecule has 0 bridgehead atoms. The Morgan fingerprint density at radius 1 is 1.27 bits per heavy atom. The van der Waals surface area contributed by atoms with Gasteiger partial charge in [-0.2, -0.15) is 0 Å². The molecule has 0 aliphatic heterocycles. The zero-order valence-electron chi connectivity index (χ0n) is 7.15. The lowest BCUT2D eigenvalue weighted by atomic mass is 10.1. The van der Waals surface area contributed by atoms with Gasteiger partial charge in [0.2, 0.25) is 0 Å². The van der Waals surface area contributed by atoms with Gasteiger partial charge < -0.3 is 0 Å². The van der Waals surface area contributed by atoms with Crippen LogP contribution in [-0.2, 0) is 12.8 Å². The smallest absolute Gasteiger partial charge is 0.0439 e. The summed E-state index contributed by atoms with van der Waals surface area (Å²) in [6.07, 6.45) is 3.73. The van der Waals surface area contributed by atoms with Gasteiger partial charge in [0.1, 0.15) is 0 Å². The van der Waals surface area contributed by atoms with Gasteiger partial charge in [0.05, 0.1) is 0 Å². The second kappa shape index (κ2) is 2.33. The highest BCUT2D eigenvalue weighted by Crippen LogP contribution is 2.21. The predicted molar refractivity (Wildman–Crippen MR) is 45.7 cm³/mol. The number of pyridine rings is 1. The second-order valence-corrected chi connectivity index (χ2v) is 3.35. The van der Waals surface area contributed by atoms with Crippen molar-refractivity contribution in [2.45, 2.75) is 33.1 Å². The molecule has 0 radical (unpaired) electrons. The van der Waals surface area contributed by atoms with Crippen LogP contribution in [0.2, 0.25) is 0 Å². The largest absolute Gasteiger partial charge is 0.258 e. The van der Waals surface area contributed by atoms with E-state index in [9.17, 15) is 0 Å². The van der Waals surface area contributed by atoms with Crippen molar-refractivity contribution in [3.63, 3.8) is 0 Å². The Morgan fingerprint density at radius 3 is 2.91 bits per heavy atom. The van der Waals surface area contributed by atoms with E-state index in [2.05, 4.69) is 24.9 Å². The predicted octanol–water partition coefficient (Wildman–Crippen LogP) is 2.19. The lowest BCUT2D eigenvalue weighted by Crippen LogP contribution is -1.93. The third-order valence-electron chi connectivity index (χ3n) is 2.49. The molecule has 0 aromatic carbocycles. The third kappa shape index (κ3) is 1.05. The van der Waals surface area contributed by atoms with Crippen molar-refractivity contribution in [3.8, 4) is 0 Å². The quantitative estimate of drug-likeness (QED) is 0.548. The van der Waals surface area contributed by atoms with Crippen LogP contribution in [0, 0.1) is 13.8 Å². The molecule has 1 nitrogen and oxygen atoms in total. The van der Waals surface area contributed by atoms with E-state index in [1.165, 1.54) is 41.8 Å². The number of rotatable bonds is 0. The molecule has 0 saturated heterocycles. The molecule has 11 heavy (non-hydrogen) atoms. The molecular weight excluding hydrogens is 134 g/mol. The van der Waals surface area contributed by atoms with Crippen molar-refractivity contribution < 1.29 is 0 Å². The van der Waals surface area contributed by atoms with Crippen LogP contribution in [0.15, 0.2) is 6.07 Å². The van der Waals surface area contributed by atoms with Crippen LogP contribution in [0.1, 0.15) is 28.9 Å². The zero-order chi connectivity index (χ0) is 7.84. The summed E-state index contributed by atoms with van der Waals surface area (Å²) in [7, 11) is 0. The number of hydrogen-bond acceptors (Lipinski definition) is 1. The first-order valence-corrected chi connectivity index (χ1v) is 4.23. The Bertz CT molecular complexity index is 260. The maximum absolute atomic E-state index is 4.55. The highest BCUT2D eigenvalue weighted by atomic mass is 14.7. The molecule has 1 aliphatic rings. The highest BCUT2D eigenvalue weighted by molar-refractivity contribution is 5.32. The molecule has 0 spiro atoms. The maximum atomic E-state index is 4.55. The van der Waals surface area contributed by atoms with Crippen LogP contribution in [0.3, 0.4) is 0 Å². The van der Waals surface area contributed by atoms with Crippen molar-refractivity contribution in [1.82, 2.24) is 4.98 Å². The topological polar surface area (TPSA) is 12.9 Å². The Labute approximate surface area is 67.5 Å². The molecule has 0 atom stereocenters. The summed E-state index contributed by atoms with van der Waals surface area (Å²) in [4.78, 5) is 4.55. The van der Waals surface area contributed by atoms with Gasteiger partial charge in [0, 0.05) is 11.4 Å². The van der Waals surface area contributed by atoms with Crippen LogP contribution in [0.4, 0.5) is 0 Å². The molecule has 1 aromatic heterocycles. The molecule has 0 fully saturated rings. The van der Waals surface area contributed by atoms with Gasteiger partial charge in [0.15, 0.2) is 0 Å². The summed E-state index contributed by atoms with van der Waals surface area (Å²) >= 11 is 0. The van der Waals surface area contributed by atoms with E-state index in [1.54, 1.807) is 0 Å². The lowest BCUT2D eigenvalue weighted by Gasteiger charge is -2.02. The minimum absolute atomic E-state index is 1.19. The van der Waals surface area contributed by atoms with Crippen molar-refractivity contribution in [1.29, 1.82) is 0 Å². The minimum Gasteiger partial charge on any atom is -0.258 e. The van der Waals surface area contributed by atoms with Crippen LogP contribution in [0.5, 0.6) is 0 Å². The Hall–Kier alpha value is -0.850. The van der Waals surface area contributed by atoms with Gasteiger partial charge >= 0.3 is 0 Å². The number of fused-ring (bicyclic) bond motifs is 1. The molecule has 1 aliphatic carbocycles. The van der Waals surface area contributed by atoms with Crippen molar-refractivity contribution >= 4 is 0 Å². The molecule has 1 aromatic rings. The fourth-order valence-electron chi connectivity index (χ4n) is 1.69. The Morgan fingerprint density at radius 2 is 2.09 bits per heavy atom. The Kier molecular flexibility index (Phi) is 1.45. The maximum Gasteiger partial charge on any atom is 0.0439 e. The highest BCUT2D eigenvalue weighted by Gasteiger charge is 2.12. The molecule has 58 valence electrons. The lowest BCUT2D eigenvalue weighted by molar-refractivity contribution is 0.896. The zero-order valence-corrected chi connectivity index (χ0v) is 7.15. The van der Waals surface area contributed by atoms with E-state index in [-0.39, 0.29) is 0 Å². The first-order valence-electron chi connectivity index (χ1n) is 4.23. The molecular formula is C10H13N. The first-order chi connectivity index (χ1) is 5.27. The number of aromatic nitrogens is 1. The third-order valence-corrected chi connectivity index (χ3v) is 2.49. The molecule has 1 heterocycles. The van der Waals surface area contributed by atoms with Crippen LogP contribution in [0.25, 0.3) is 0 Å². The van der Waals surface area contributed by atoms with Crippen molar-refractivity contribution in [3.05, 3.63) is 28.6 Å². The average Bonchev–Trinajstić information content (AvgIpc) is 2.36. The number of hydrogen-bond donors (Lipinski definition) is 0. The van der Waals surface area contributed by atoms with E-state index in [1.807, 2.05) is 0 Å². The van der Waals surface area contributed by atoms with E-state index < -0.39 is 0 Å². The Balaban J connectivity index is 2.57. The molecule has 1 heteroatoms. The van der Waals surface area contributed by atoms with E-state index in [4.69, 9.17) is 0 Å². The summed E-state index contributed by atoms with van der Waals surface area (Å²) in [6.45, 7) is 4.23. The molecule has 0 N–H and O–H groups in total. The number of aryl methyl sites for hydroxylation is 4. The van der Waals surface area contributed by atoms with Crippen molar-refractivity contribution in [2.24, 2.45) is 0 Å². The molecule has 2 rings (SSSR count). The van der Waals surface area contributed by atoms with Crippen molar-refractivity contribution in [2.75, 3.05) is 0 Å². The van der Waals surface area contributed by atoms with Gasteiger partial charge in [-0.1, -0.05) is 6.07 Å². The van der Waals surface area contributed by atoms with E-state index >= 15 is 0 Å². The summed E-state index contributed by atoms with van der Waals surface area (Å²) in [6, 6.07) is 2.30. The fourth-order valence-corrected chi connectivity index (χ4v) is 1.69. The summed E-state index contributed by atoms with van der Waals surface area (Å²) in [5.74, 6) is 0. The molecule has 0 unspecified atom stereocenters. The van der Waals surface area contributed by atoms with Gasteiger partial charge in [-0.3, -0.25) is 4.98 Å². The van der Waals surface area contributed by atoms with E-state index in [0.717, 1.165) is 0 Å². The summed E-state index contributed by atoms with van der Waals surface area (Å²) in [5, 5.41) is 0. The summed E-state index contributed by atoms with van der Waals surface area (Å²) in [5.41, 5.74) is 5.36. The van der Waals surface area contributed by atoms with E-state index in [0.29, 0.717) is 0 Å². The van der Waals surface area contributed by atoms with Crippen LogP contribution < -0.4 is 0 Å². The van der Waals surface area contributed by atoms with Crippen LogP contribution >= 0.6 is 0 Å². The minimum atomic E-state index is 1.19.